The number of fused-ring (bicyclic) bond motifs is 1. The lowest BCUT2D eigenvalue weighted by Gasteiger charge is -2.30. The van der Waals surface area contributed by atoms with Crippen molar-refractivity contribution in [1.82, 2.24) is 14.6 Å². The van der Waals surface area contributed by atoms with Gasteiger partial charge in [-0.1, -0.05) is 18.2 Å². The first-order valence-corrected chi connectivity index (χ1v) is 13.1. The number of ether oxygens (including phenoxy) is 3. The van der Waals surface area contributed by atoms with Gasteiger partial charge in [-0.25, -0.2) is 17.7 Å². The standard InChI is InChI=1S/C25H29N3O6S/c1-32-22-13-16(14-23(33-2)24(22)34-3)21-15-19(18-7-5-6-8-20(18)27-21)25(29)26-17-9-11-28(12-10-17)35(4,30)31/h5-8,13-15,17H,9-12H2,1-4H3,(H,26,29). The summed E-state index contributed by atoms with van der Waals surface area (Å²) >= 11 is 0. The van der Waals surface area contributed by atoms with Crippen LogP contribution in [0.5, 0.6) is 17.2 Å². The van der Waals surface area contributed by atoms with Gasteiger partial charge in [-0.3, -0.25) is 4.79 Å². The zero-order chi connectivity index (χ0) is 25.2. The van der Waals surface area contributed by atoms with Gasteiger partial charge in [0.15, 0.2) is 11.5 Å². The average Bonchev–Trinajstić information content (AvgIpc) is 2.86. The molecule has 1 saturated heterocycles. The van der Waals surface area contributed by atoms with E-state index in [-0.39, 0.29) is 11.9 Å². The van der Waals surface area contributed by atoms with Gasteiger partial charge in [-0.15, -0.1) is 0 Å². The normalized spacial score (nSPS) is 15.1. The Balaban J connectivity index is 1.69. The number of rotatable bonds is 7. The summed E-state index contributed by atoms with van der Waals surface area (Å²) in [5.41, 5.74) is 2.46. The van der Waals surface area contributed by atoms with E-state index in [0.717, 1.165) is 5.39 Å². The number of carbonyl (C=O) groups excluding carboxylic acids is 1. The SMILES string of the molecule is COc1cc(-c2cc(C(=O)NC3CCN(S(C)(=O)=O)CC3)c3ccccc3n2)cc(OC)c1OC. The Morgan fingerprint density at radius 2 is 1.63 bits per heavy atom. The smallest absolute Gasteiger partial charge is 0.252 e. The van der Waals surface area contributed by atoms with E-state index in [0.29, 0.717) is 65.5 Å². The van der Waals surface area contributed by atoms with E-state index in [1.165, 1.54) is 17.7 Å². The highest BCUT2D eigenvalue weighted by atomic mass is 32.2. The van der Waals surface area contributed by atoms with Crippen LogP contribution in [-0.4, -0.2) is 70.3 Å². The Morgan fingerprint density at radius 3 is 2.20 bits per heavy atom. The Kier molecular flexibility index (Phi) is 7.13. The monoisotopic (exact) mass is 499 g/mol. The van der Waals surface area contributed by atoms with Gasteiger partial charge in [-0.05, 0) is 37.1 Å². The van der Waals surface area contributed by atoms with E-state index in [4.69, 9.17) is 19.2 Å². The second-order valence-corrected chi connectivity index (χ2v) is 10.4. The lowest BCUT2D eigenvalue weighted by atomic mass is 10.0. The van der Waals surface area contributed by atoms with Gasteiger partial charge >= 0.3 is 0 Å². The van der Waals surface area contributed by atoms with Crippen molar-refractivity contribution in [3.05, 3.63) is 48.0 Å². The third kappa shape index (κ3) is 5.18. The Bertz CT molecular complexity index is 1330. The molecular formula is C25H29N3O6S. The molecule has 0 saturated carbocycles. The molecule has 1 N–H and O–H groups in total. The van der Waals surface area contributed by atoms with Gasteiger partial charge in [0.2, 0.25) is 15.8 Å². The molecule has 0 aliphatic carbocycles. The van der Waals surface area contributed by atoms with Crippen LogP contribution in [-0.2, 0) is 10.0 Å². The van der Waals surface area contributed by atoms with Crippen molar-refractivity contribution in [1.29, 1.82) is 0 Å². The molecule has 0 bridgehead atoms. The van der Waals surface area contributed by atoms with Crippen LogP contribution in [0.25, 0.3) is 22.2 Å². The van der Waals surface area contributed by atoms with Crippen molar-refractivity contribution >= 4 is 26.8 Å². The molecule has 186 valence electrons. The highest BCUT2D eigenvalue weighted by molar-refractivity contribution is 7.88. The number of hydrogen-bond donors (Lipinski definition) is 1. The number of hydrogen-bond acceptors (Lipinski definition) is 7. The van der Waals surface area contributed by atoms with E-state index >= 15 is 0 Å². The zero-order valence-corrected chi connectivity index (χ0v) is 21.0. The number of sulfonamides is 1. The van der Waals surface area contributed by atoms with Crippen LogP contribution in [0.3, 0.4) is 0 Å². The fourth-order valence-corrected chi connectivity index (χ4v) is 5.21. The third-order valence-electron chi connectivity index (χ3n) is 6.18. The molecule has 1 aliphatic rings. The fourth-order valence-electron chi connectivity index (χ4n) is 4.34. The lowest BCUT2D eigenvalue weighted by molar-refractivity contribution is 0.0925. The van der Waals surface area contributed by atoms with Crippen molar-refractivity contribution in [3.8, 4) is 28.5 Å². The molecule has 1 aliphatic heterocycles. The van der Waals surface area contributed by atoms with E-state index in [2.05, 4.69) is 5.32 Å². The maximum atomic E-state index is 13.4. The first-order chi connectivity index (χ1) is 16.7. The average molecular weight is 500 g/mol. The van der Waals surface area contributed by atoms with Crippen LogP contribution in [0.1, 0.15) is 23.2 Å². The fraction of sp³-hybridized carbons (Fsp3) is 0.360. The topological polar surface area (TPSA) is 107 Å². The molecule has 35 heavy (non-hydrogen) atoms. The highest BCUT2D eigenvalue weighted by Gasteiger charge is 2.27. The van der Waals surface area contributed by atoms with Gasteiger partial charge in [0.25, 0.3) is 5.91 Å². The second-order valence-electron chi connectivity index (χ2n) is 8.40. The summed E-state index contributed by atoms with van der Waals surface area (Å²) in [5, 5.41) is 3.82. The number of piperidine rings is 1. The number of carbonyl (C=O) groups is 1. The minimum Gasteiger partial charge on any atom is -0.493 e. The van der Waals surface area contributed by atoms with Crippen LogP contribution < -0.4 is 19.5 Å². The molecule has 10 heteroatoms. The Morgan fingerprint density at radius 1 is 1.00 bits per heavy atom. The number of nitrogens with one attached hydrogen (secondary N) is 1. The molecule has 2 aromatic carbocycles. The lowest BCUT2D eigenvalue weighted by Crippen LogP contribution is -2.46. The molecule has 2 heterocycles. The molecule has 9 nitrogen and oxygen atoms in total. The van der Waals surface area contributed by atoms with E-state index in [1.54, 1.807) is 32.4 Å². The number of pyridine rings is 1. The van der Waals surface area contributed by atoms with Gasteiger partial charge in [0.05, 0.1) is 44.4 Å². The first-order valence-electron chi connectivity index (χ1n) is 11.2. The summed E-state index contributed by atoms with van der Waals surface area (Å²) in [4.78, 5) is 18.2. The van der Waals surface area contributed by atoms with Crippen molar-refractivity contribution < 1.29 is 27.4 Å². The number of methoxy groups -OCH3 is 3. The first kappa shape index (κ1) is 24.7. The van der Waals surface area contributed by atoms with E-state index < -0.39 is 10.0 Å². The van der Waals surface area contributed by atoms with Gasteiger partial charge in [0.1, 0.15) is 0 Å². The number of nitrogens with zero attached hydrogens (tertiary/aromatic N) is 2. The minimum absolute atomic E-state index is 0.114. The summed E-state index contributed by atoms with van der Waals surface area (Å²) in [5.74, 6) is 1.22. The molecule has 0 spiro atoms. The summed E-state index contributed by atoms with van der Waals surface area (Å²) < 4.78 is 41.4. The van der Waals surface area contributed by atoms with Crippen LogP contribution in [0.2, 0.25) is 0 Å². The highest BCUT2D eigenvalue weighted by Crippen LogP contribution is 2.41. The van der Waals surface area contributed by atoms with Crippen molar-refractivity contribution in [3.63, 3.8) is 0 Å². The van der Waals surface area contributed by atoms with Crippen molar-refractivity contribution in [2.45, 2.75) is 18.9 Å². The van der Waals surface area contributed by atoms with Crippen LogP contribution >= 0.6 is 0 Å². The summed E-state index contributed by atoms with van der Waals surface area (Å²) in [6.07, 6.45) is 2.32. The maximum Gasteiger partial charge on any atom is 0.252 e. The molecule has 0 radical (unpaired) electrons. The summed E-state index contributed by atoms with van der Waals surface area (Å²) in [6.45, 7) is 0.773. The third-order valence-corrected chi connectivity index (χ3v) is 7.48. The largest absolute Gasteiger partial charge is 0.493 e. The molecule has 1 aromatic heterocycles. The zero-order valence-electron chi connectivity index (χ0n) is 20.2. The molecule has 0 atom stereocenters. The van der Waals surface area contributed by atoms with Gasteiger partial charge in [-0.2, -0.15) is 0 Å². The van der Waals surface area contributed by atoms with Crippen molar-refractivity contribution in [2.24, 2.45) is 0 Å². The van der Waals surface area contributed by atoms with Crippen LogP contribution in [0, 0.1) is 0 Å². The summed E-state index contributed by atoms with van der Waals surface area (Å²) in [7, 11) is 1.40. The quantitative estimate of drug-likeness (QED) is 0.532. The molecule has 1 amide bonds. The molecule has 4 rings (SSSR count). The predicted molar refractivity (Wildman–Crippen MR) is 134 cm³/mol. The number of aromatic nitrogens is 1. The van der Waals surface area contributed by atoms with Crippen LogP contribution in [0.4, 0.5) is 0 Å². The number of para-hydroxylation sites is 1. The van der Waals surface area contributed by atoms with Crippen molar-refractivity contribution in [2.75, 3.05) is 40.7 Å². The minimum atomic E-state index is -3.23. The number of benzene rings is 2. The maximum absolute atomic E-state index is 13.4. The molecular weight excluding hydrogens is 470 g/mol. The molecule has 0 unspecified atom stereocenters. The molecule has 1 fully saturated rings. The Labute approximate surface area is 205 Å². The summed E-state index contributed by atoms with van der Waals surface area (Å²) in [6, 6.07) is 12.7. The number of amides is 1. The van der Waals surface area contributed by atoms with E-state index in [1.807, 2.05) is 24.3 Å². The van der Waals surface area contributed by atoms with Gasteiger partial charge < -0.3 is 19.5 Å². The van der Waals surface area contributed by atoms with Crippen LogP contribution in [0.15, 0.2) is 42.5 Å². The van der Waals surface area contributed by atoms with Gasteiger partial charge in [0, 0.05) is 30.1 Å². The van der Waals surface area contributed by atoms with E-state index in [9.17, 15) is 13.2 Å². The Hall–Kier alpha value is -3.37. The second kappa shape index (κ2) is 10.1. The molecule has 3 aromatic rings. The predicted octanol–water partition coefficient (Wildman–Crippen LogP) is 3.08.